The zero-order valence-electron chi connectivity index (χ0n) is 30.6. The largest absolute Gasteiger partial charge is 0.495 e. The topological polar surface area (TPSA) is 192 Å². The minimum atomic E-state index is -4.40. The van der Waals surface area contributed by atoms with Crippen LogP contribution in [0.5, 0.6) is 11.5 Å². The SMILES string of the molecule is CCC1C[C@]1(NC(=O)C1CC(Oc2ccnc3c(Cl)c(OC)ccc23)CN1C(=O)C(NC(=O)OC1CCCC1)C(C)(C)C)C(=O)NS(=O)(=O)OC1CC1. The van der Waals surface area contributed by atoms with Crippen molar-refractivity contribution in [2.24, 2.45) is 11.3 Å². The Bertz CT molecular complexity index is 1860. The van der Waals surface area contributed by atoms with Gasteiger partial charge in [-0.3, -0.25) is 23.6 Å². The molecule has 3 N–H and O–H groups in total. The molecule has 4 aliphatic rings. The van der Waals surface area contributed by atoms with E-state index in [1.807, 2.05) is 11.6 Å². The number of amides is 4. The molecular formula is C36H48ClN5O10S. The lowest BCUT2D eigenvalue weighted by Gasteiger charge is -2.35. The van der Waals surface area contributed by atoms with Crippen LogP contribution in [-0.2, 0) is 33.6 Å². The maximum absolute atomic E-state index is 14.5. The van der Waals surface area contributed by atoms with Crippen LogP contribution in [0.2, 0.25) is 5.02 Å². The molecule has 1 saturated heterocycles. The Morgan fingerprint density at radius 2 is 1.75 bits per heavy atom. The number of hydrogen-bond acceptors (Lipinski definition) is 11. The fourth-order valence-corrected chi connectivity index (χ4v) is 8.56. The number of pyridine rings is 1. The summed E-state index contributed by atoms with van der Waals surface area (Å²) >= 11 is 6.54. The number of hydrogen-bond donors (Lipinski definition) is 3. The molecule has 290 valence electrons. The number of rotatable bonds is 13. The second-order valence-corrected chi connectivity index (χ2v) is 17.2. The van der Waals surface area contributed by atoms with Crippen molar-refractivity contribution in [3.63, 3.8) is 0 Å². The number of nitrogens with one attached hydrogen (secondary N) is 3. The minimum Gasteiger partial charge on any atom is -0.495 e. The zero-order valence-corrected chi connectivity index (χ0v) is 32.2. The lowest BCUT2D eigenvalue weighted by Crippen LogP contribution is -2.60. The third kappa shape index (κ3) is 8.59. The molecule has 0 spiro atoms. The summed E-state index contributed by atoms with van der Waals surface area (Å²) in [5.74, 6) is -1.61. The van der Waals surface area contributed by atoms with E-state index < -0.39 is 69.4 Å². The van der Waals surface area contributed by atoms with Crippen LogP contribution in [0, 0.1) is 11.3 Å². The van der Waals surface area contributed by atoms with Gasteiger partial charge < -0.3 is 29.7 Å². The van der Waals surface area contributed by atoms with Gasteiger partial charge in [0.15, 0.2) is 0 Å². The van der Waals surface area contributed by atoms with Crippen LogP contribution < -0.4 is 24.8 Å². The number of nitrogens with zero attached hydrogens (tertiary/aromatic N) is 2. The van der Waals surface area contributed by atoms with Gasteiger partial charge in [0.1, 0.15) is 46.4 Å². The minimum absolute atomic E-state index is 0.0201. The predicted molar refractivity (Wildman–Crippen MR) is 193 cm³/mol. The van der Waals surface area contributed by atoms with Crippen molar-refractivity contribution < 1.29 is 46.0 Å². The number of aromatic nitrogens is 1. The quantitative estimate of drug-likeness (QED) is 0.265. The van der Waals surface area contributed by atoms with E-state index in [1.165, 1.54) is 18.2 Å². The number of carbonyl (C=O) groups excluding carboxylic acids is 4. The van der Waals surface area contributed by atoms with Gasteiger partial charge in [0.2, 0.25) is 11.8 Å². The summed E-state index contributed by atoms with van der Waals surface area (Å²) in [5, 5.41) is 6.46. The molecule has 1 aliphatic heterocycles. The van der Waals surface area contributed by atoms with Crippen molar-refractivity contribution in [1.29, 1.82) is 0 Å². The van der Waals surface area contributed by atoms with E-state index in [1.54, 1.807) is 39.0 Å². The highest BCUT2D eigenvalue weighted by molar-refractivity contribution is 7.85. The second kappa shape index (κ2) is 15.1. The summed E-state index contributed by atoms with van der Waals surface area (Å²) in [5.41, 5.74) is -1.89. The fraction of sp³-hybridized carbons (Fsp3) is 0.639. The smallest absolute Gasteiger partial charge is 0.408 e. The van der Waals surface area contributed by atoms with Gasteiger partial charge in [-0.1, -0.05) is 45.7 Å². The molecule has 6 rings (SSSR count). The average Bonchev–Trinajstić information content (AvgIpc) is 3.92. The van der Waals surface area contributed by atoms with Crippen LogP contribution in [-0.4, -0.2) is 91.7 Å². The Balaban J connectivity index is 1.27. The molecule has 0 bridgehead atoms. The number of fused-ring (bicyclic) bond motifs is 1. The van der Waals surface area contributed by atoms with Crippen molar-refractivity contribution in [1.82, 2.24) is 25.2 Å². The lowest BCUT2D eigenvalue weighted by molar-refractivity contribution is -0.143. The van der Waals surface area contributed by atoms with Crippen LogP contribution >= 0.6 is 11.6 Å². The molecule has 1 aromatic carbocycles. The highest BCUT2D eigenvalue weighted by Crippen LogP contribution is 2.47. The normalized spacial score (nSPS) is 25.1. The first kappa shape index (κ1) is 38.8. The molecule has 4 unspecified atom stereocenters. The highest BCUT2D eigenvalue weighted by atomic mass is 35.5. The zero-order chi connectivity index (χ0) is 38.3. The highest BCUT2D eigenvalue weighted by Gasteiger charge is 2.62. The summed E-state index contributed by atoms with van der Waals surface area (Å²) < 4.78 is 49.6. The van der Waals surface area contributed by atoms with Crippen LogP contribution in [0.4, 0.5) is 4.79 Å². The van der Waals surface area contributed by atoms with E-state index >= 15 is 0 Å². The van der Waals surface area contributed by atoms with E-state index in [2.05, 4.69) is 15.6 Å². The van der Waals surface area contributed by atoms with Crippen molar-refractivity contribution in [3.8, 4) is 11.5 Å². The molecule has 1 aromatic heterocycles. The summed E-state index contributed by atoms with van der Waals surface area (Å²) in [7, 11) is -2.90. The summed E-state index contributed by atoms with van der Waals surface area (Å²) in [6, 6.07) is 2.85. The first-order valence-corrected chi connectivity index (χ1v) is 20.0. The maximum atomic E-state index is 14.5. The molecular weight excluding hydrogens is 730 g/mol. The van der Waals surface area contributed by atoms with E-state index in [-0.39, 0.29) is 31.4 Å². The van der Waals surface area contributed by atoms with Crippen molar-refractivity contribution in [2.45, 2.75) is 121 Å². The molecule has 3 aliphatic carbocycles. The summed E-state index contributed by atoms with van der Waals surface area (Å²) in [6.07, 6.45) is 4.64. The Hall–Kier alpha value is -3.89. The first-order chi connectivity index (χ1) is 25.0. The second-order valence-electron chi connectivity index (χ2n) is 15.5. The van der Waals surface area contributed by atoms with Crippen molar-refractivity contribution in [3.05, 3.63) is 29.4 Å². The molecule has 17 heteroatoms. The number of benzene rings is 1. The van der Waals surface area contributed by atoms with Crippen LogP contribution in [0.15, 0.2) is 24.4 Å². The van der Waals surface area contributed by atoms with Crippen LogP contribution in [0.3, 0.4) is 0 Å². The number of alkyl carbamates (subject to hydrolysis) is 1. The van der Waals surface area contributed by atoms with Crippen molar-refractivity contribution >= 4 is 56.6 Å². The Labute approximate surface area is 314 Å². The lowest BCUT2D eigenvalue weighted by atomic mass is 9.85. The molecule has 4 fully saturated rings. The fourth-order valence-electron chi connectivity index (χ4n) is 7.26. The van der Waals surface area contributed by atoms with E-state index in [4.69, 9.17) is 30.0 Å². The average molecular weight is 778 g/mol. The number of ether oxygens (including phenoxy) is 3. The molecule has 2 heterocycles. The van der Waals surface area contributed by atoms with E-state index in [9.17, 15) is 27.6 Å². The monoisotopic (exact) mass is 777 g/mol. The standard InChI is InChI=1S/C36H48ClN5O10S/c1-6-20-18-36(20,33(45)41-53(47,48)52-22-11-12-22)40-31(43)25-17-23(50-26-15-16-38-29-24(26)13-14-27(49-5)28(29)37)19-42(25)32(44)30(35(2,3)4)39-34(46)51-21-9-7-8-10-21/h13-16,20-23,25,30H,6-12,17-19H2,1-5H3,(H,39,46)(H,40,43)(H,41,45)/t20?,23?,25?,30?,36-/m1/s1. The molecule has 5 atom stereocenters. The molecule has 0 radical (unpaired) electrons. The third-order valence-corrected chi connectivity index (χ3v) is 11.8. The van der Waals surface area contributed by atoms with Gasteiger partial charge in [0.25, 0.3) is 5.91 Å². The Morgan fingerprint density at radius 1 is 1.04 bits per heavy atom. The van der Waals surface area contributed by atoms with Gasteiger partial charge in [-0.2, -0.15) is 8.42 Å². The predicted octanol–water partition coefficient (Wildman–Crippen LogP) is 4.15. The number of methoxy groups -OCH3 is 1. The third-order valence-electron chi connectivity index (χ3n) is 10.4. The van der Waals surface area contributed by atoms with Crippen LogP contribution in [0.1, 0.15) is 85.5 Å². The van der Waals surface area contributed by atoms with E-state index in [0.29, 0.717) is 46.7 Å². The number of likely N-dealkylation sites (tertiary alicyclic amines) is 1. The van der Waals surface area contributed by atoms with Gasteiger partial charge in [0, 0.05) is 18.0 Å². The molecule has 53 heavy (non-hydrogen) atoms. The first-order valence-electron chi connectivity index (χ1n) is 18.2. The number of halogens is 1. The van der Waals surface area contributed by atoms with Crippen molar-refractivity contribution in [2.75, 3.05) is 13.7 Å². The Morgan fingerprint density at radius 3 is 2.38 bits per heavy atom. The molecule has 15 nitrogen and oxygen atoms in total. The number of carbonyl (C=O) groups is 4. The summed E-state index contributed by atoms with van der Waals surface area (Å²) in [4.78, 5) is 61.2. The van der Waals surface area contributed by atoms with E-state index in [0.717, 1.165) is 25.7 Å². The molecule has 3 saturated carbocycles. The Kier molecular flexibility index (Phi) is 11.1. The maximum Gasteiger partial charge on any atom is 0.408 e. The van der Waals surface area contributed by atoms with Gasteiger partial charge in [0.05, 0.1) is 25.3 Å². The molecule has 4 amide bonds. The van der Waals surface area contributed by atoms with Gasteiger partial charge in [-0.25, -0.2) is 9.52 Å². The molecule has 2 aromatic rings. The summed E-state index contributed by atoms with van der Waals surface area (Å²) in [6.45, 7) is 7.18. The van der Waals surface area contributed by atoms with Gasteiger partial charge in [-0.05, 0) is 74.5 Å². The van der Waals surface area contributed by atoms with Gasteiger partial charge >= 0.3 is 16.4 Å². The van der Waals surface area contributed by atoms with Gasteiger partial charge in [-0.15, -0.1) is 0 Å². The van der Waals surface area contributed by atoms with Crippen LogP contribution in [0.25, 0.3) is 10.9 Å².